The number of benzene rings is 1. The van der Waals surface area contributed by atoms with E-state index in [-0.39, 0.29) is 30.0 Å². The van der Waals surface area contributed by atoms with Crippen LogP contribution in [-0.4, -0.2) is 64.3 Å². The molecule has 4 aromatic rings. The summed E-state index contributed by atoms with van der Waals surface area (Å²) in [7, 11) is -4.82. The first kappa shape index (κ1) is 28.4. The largest absolute Gasteiger partial charge is 0.392 e. The lowest BCUT2D eigenvalue weighted by atomic mass is 9.88. The zero-order valence-electron chi connectivity index (χ0n) is 22.3. The Balaban J connectivity index is 1.33. The van der Waals surface area contributed by atoms with E-state index >= 15 is 0 Å². The van der Waals surface area contributed by atoms with Crippen molar-refractivity contribution in [3.8, 4) is 11.4 Å². The van der Waals surface area contributed by atoms with Crippen LogP contribution in [0.1, 0.15) is 29.9 Å². The van der Waals surface area contributed by atoms with Crippen molar-refractivity contribution < 1.29 is 27.1 Å². The van der Waals surface area contributed by atoms with E-state index in [4.69, 9.17) is 9.97 Å². The standard InChI is InChI=1S/C28H28F2N6O4S/c1-16-14-36(15-17(2)25(16)37)28-31-9-8-23(35-28)22-7-6-19-12-32-20(11-24(19)34-22)13-33-26(38)18-4-3-5-21(10-18)41(39,40)27(29)30/h3-12,16-17,25,27,37H,13-15H2,1-2H3,(H,33,38)/t16-,17+,25?. The van der Waals surface area contributed by atoms with E-state index in [0.29, 0.717) is 41.6 Å². The van der Waals surface area contributed by atoms with Crippen LogP contribution in [0.5, 0.6) is 0 Å². The molecule has 3 atom stereocenters. The van der Waals surface area contributed by atoms with Crippen LogP contribution in [-0.2, 0) is 16.4 Å². The molecule has 1 fully saturated rings. The van der Waals surface area contributed by atoms with Crippen LogP contribution in [0.3, 0.4) is 0 Å². The van der Waals surface area contributed by atoms with Gasteiger partial charge in [-0.15, -0.1) is 0 Å². The van der Waals surface area contributed by atoms with Gasteiger partial charge in [0, 0.05) is 36.4 Å². The summed E-state index contributed by atoms with van der Waals surface area (Å²) in [5, 5.41) is 13.7. The summed E-state index contributed by atoms with van der Waals surface area (Å²) in [5.41, 5.74) is 2.30. The average Bonchev–Trinajstić information content (AvgIpc) is 2.98. The van der Waals surface area contributed by atoms with E-state index in [1.54, 1.807) is 24.5 Å². The molecule has 2 N–H and O–H groups in total. The lowest BCUT2D eigenvalue weighted by Gasteiger charge is -2.38. The highest BCUT2D eigenvalue weighted by Gasteiger charge is 2.31. The molecule has 0 saturated carbocycles. The van der Waals surface area contributed by atoms with E-state index in [1.807, 2.05) is 26.0 Å². The number of hydrogen-bond donors (Lipinski definition) is 2. The van der Waals surface area contributed by atoms with Crippen molar-refractivity contribution >= 4 is 32.6 Å². The van der Waals surface area contributed by atoms with E-state index in [9.17, 15) is 27.1 Å². The van der Waals surface area contributed by atoms with Gasteiger partial charge in [0.2, 0.25) is 15.8 Å². The average molecular weight is 583 g/mol. The number of piperidine rings is 1. The minimum absolute atomic E-state index is 0.00133. The Morgan fingerprint density at radius 2 is 1.78 bits per heavy atom. The zero-order valence-corrected chi connectivity index (χ0v) is 23.1. The monoisotopic (exact) mass is 582 g/mol. The summed E-state index contributed by atoms with van der Waals surface area (Å²) < 4.78 is 49.3. The van der Waals surface area contributed by atoms with E-state index in [2.05, 4.69) is 20.2 Å². The minimum Gasteiger partial charge on any atom is -0.392 e. The maximum Gasteiger partial charge on any atom is 0.341 e. The molecule has 5 rings (SSSR count). The van der Waals surface area contributed by atoms with Gasteiger partial charge in [0.1, 0.15) is 0 Å². The molecule has 1 saturated heterocycles. The SMILES string of the molecule is C[C@@H]1CN(c2nccc(-c3ccc4cnc(CNC(=O)c5cccc(S(=O)(=O)C(F)F)c5)cc4n3)n2)C[C@H](C)C1O. The molecule has 41 heavy (non-hydrogen) atoms. The number of aliphatic hydroxyl groups is 1. The highest BCUT2D eigenvalue weighted by molar-refractivity contribution is 7.91. The number of nitrogens with zero attached hydrogens (tertiary/aromatic N) is 5. The summed E-state index contributed by atoms with van der Waals surface area (Å²) in [6, 6.07) is 11.7. The molecule has 10 nitrogen and oxygen atoms in total. The molecular weight excluding hydrogens is 554 g/mol. The highest BCUT2D eigenvalue weighted by Crippen LogP contribution is 2.27. The number of hydrogen-bond acceptors (Lipinski definition) is 9. The molecule has 0 aliphatic carbocycles. The van der Waals surface area contributed by atoms with Gasteiger partial charge in [-0.2, -0.15) is 8.78 Å². The number of alkyl halides is 2. The number of halogens is 2. The maximum atomic E-state index is 12.9. The Morgan fingerprint density at radius 3 is 2.51 bits per heavy atom. The molecule has 13 heteroatoms. The summed E-state index contributed by atoms with van der Waals surface area (Å²) in [4.78, 5) is 32.3. The van der Waals surface area contributed by atoms with Gasteiger partial charge in [-0.1, -0.05) is 19.9 Å². The number of rotatable bonds is 7. The normalized spacial score (nSPS) is 19.5. The number of pyridine rings is 2. The molecule has 1 amide bonds. The van der Waals surface area contributed by atoms with Gasteiger partial charge in [-0.3, -0.25) is 9.78 Å². The first-order chi connectivity index (χ1) is 19.5. The minimum atomic E-state index is -4.82. The van der Waals surface area contributed by atoms with Crippen molar-refractivity contribution in [3.63, 3.8) is 0 Å². The van der Waals surface area contributed by atoms with Crippen LogP contribution in [0, 0.1) is 11.8 Å². The second kappa shape index (κ2) is 11.4. The predicted molar refractivity (Wildman–Crippen MR) is 148 cm³/mol. The Bertz CT molecular complexity index is 1690. The first-order valence-corrected chi connectivity index (χ1v) is 14.5. The number of aliphatic hydroxyl groups excluding tert-OH is 1. The Hall–Kier alpha value is -4.10. The van der Waals surface area contributed by atoms with Crippen LogP contribution in [0.4, 0.5) is 14.7 Å². The summed E-state index contributed by atoms with van der Waals surface area (Å²) in [5.74, 6) is -3.47. The third-order valence-electron chi connectivity index (χ3n) is 7.09. The molecule has 4 heterocycles. The topological polar surface area (TPSA) is 138 Å². The van der Waals surface area contributed by atoms with E-state index < -0.39 is 26.4 Å². The van der Waals surface area contributed by atoms with E-state index in [0.717, 1.165) is 17.5 Å². The summed E-state index contributed by atoms with van der Waals surface area (Å²) in [6.07, 6.45) is 2.94. The Kier molecular flexibility index (Phi) is 7.91. The fraction of sp³-hybridized carbons (Fsp3) is 0.321. The third kappa shape index (κ3) is 6.00. The quantitative estimate of drug-likeness (QED) is 0.335. The Morgan fingerprint density at radius 1 is 1.05 bits per heavy atom. The number of carbonyl (C=O) groups excluding carboxylic acids is 1. The maximum absolute atomic E-state index is 12.9. The van der Waals surface area contributed by atoms with Gasteiger partial charge in [0.15, 0.2) is 0 Å². The van der Waals surface area contributed by atoms with Crippen molar-refractivity contribution in [2.45, 2.75) is 37.1 Å². The van der Waals surface area contributed by atoms with Gasteiger partial charge in [-0.05, 0) is 54.3 Å². The van der Waals surface area contributed by atoms with Crippen LogP contribution in [0.2, 0.25) is 0 Å². The smallest absolute Gasteiger partial charge is 0.341 e. The third-order valence-corrected chi connectivity index (χ3v) is 8.47. The van der Waals surface area contributed by atoms with Gasteiger partial charge in [0.05, 0.1) is 40.1 Å². The van der Waals surface area contributed by atoms with Gasteiger partial charge < -0.3 is 15.3 Å². The second-order valence-electron chi connectivity index (χ2n) is 10.2. The molecule has 0 spiro atoms. The van der Waals surface area contributed by atoms with Crippen molar-refractivity contribution in [1.82, 2.24) is 25.3 Å². The molecule has 3 aromatic heterocycles. The van der Waals surface area contributed by atoms with Crippen LogP contribution in [0.15, 0.2) is 65.8 Å². The van der Waals surface area contributed by atoms with Crippen molar-refractivity contribution in [3.05, 3.63) is 72.2 Å². The molecule has 214 valence electrons. The van der Waals surface area contributed by atoms with Crippen molar-refractivity contribution in [2.75, 3.05) is 18.0 Å². The number of anilines is 1. The molecule has 0 bridgehead atoms. The van der Waals surface area contributed by atoms with Crippen LogP contribution in [0.25, 0.3) is 22.3 Å². The summed E-state index contributed by atoms with van der Waals surface area (Å²) >= 11 is 0. The number of sulfone groups is 1. The molecule has 1 aliphatic heterocycles. The fourth-order valence-corrected chi connectivity index (χ4v) is 5.61. The number of fused-ring (bicyclic) bond motifs is 1. The van der Waals surface area contributed by atoms with E-state index in [1.165, 1.54) is 12.1 Å². The number of aromatic nitrogens is 4. The molecule has 1 aliphatic rings. The predicted octanol–water partition coefficient (Wildman–Crippen LogP) is 3.47. The Labute approximate surface area is 235 Å². The zero-order chi connectivity index (χ0) is 29.3. The fourth-order valence-electron chi connectivity index (χ4n) is 4.84. The van der Waals surface area contributed by atoms with Crippen molar-refractivity contribution in [1.29, 1.82) is 0 Å². The first-order valence-electron chi connectivity index (χ1n) is 13.0. The second-order valence-corrected chi connectivity index (χ2v) is 12.1. The molecule has 1 unspecified atom stereocenters. The lowest BCUT2D eigenvalue weighted by molar-refractivity contribution is 0.0525. The molecular formula is C28H28F2N6O4S. The lowest BCUT2D eigenvalue weighted by Crippen LogP contribution is -2.48. The number of amides is 1. The van der Waals surface area contributed by atoms with Gasteiger partial charge in [-0.25, -0.2) is 23.4 Å². The summed E-state index contributed by atoms with van der Waals surface area (Å²) in [6.45, 7) is 5.30. The highest BCUT2D eigenvalue weighted by atomic mass is 32.2. The number of carbonyl (C=O) groups is 1. The van der Waals surface area contributed by atoms with Crippen LogP contribution < -0.4 is 10.2 Å². The van der Waals surface area contributed by atoms with Crippen LogP contribution >= 0.6 is 0 Å². The molecule has 0 radical (unpaired) electrons. The van der Waals surface area contributed by atoms with Gasteiger partial charge in [0.25, 0.3) is 5.91 Å². The molecule has 1 aromatic carbocycles. The van der Waals surface area contributed by atoms with Crippen molar-refractivity contribution in [2.24, 2.45) is 11.8 Å². The van der Waals surface area contributed by atoms with Gasteiger partial charge >= 0.3 is 5.76 Å². The number of nitrogens with one attached hydrogen (secondary N) is 1.